The van der Waals surface area contributed by atoms with Gasteiger partial charge in [0.05, 0.1) is 12.3 Å². The second-order valence-electron chi connectivity index (χ2n) is 4.66. The number of rotatable bonds is 9. The Morgan fingerprint density at radius 1 is 1.00 bits per heavy atom. The zero-order valence-corrected chi connectivity index (χ0v) is 13.9. The molecule has 122 valence electrons. The van der Waals surface area contributed by atoms with E-state index in [2.05, 4.69) is 5.16 Å². The van der Waals surface area contributed by atoms with E-state index in [0.29, 0.717) is 6.61 Å². The molecule has 1 aromatic heterocycles. The number of benzene rings is 1. The molecule has 0 spiro atoms. The van der Waals surface area contributed by atoms with Gasteiger partial charge in [-0.2, -0.15) is 0 Å². The Kier molecular flexibility index (Phi) is 9.79. The number of ether oxygens (including phenoxy) is 2. The van der Waals surface area contributed by atoms with E-state index >= 15 is 0 Å². The van der Waals surface area contributed by atoms with Crippen molar-refractivity contribution in [1.82, 2.24) is 5.16 Å². The molecule has 0 saturated heterocycles. The van der Waals surface area contributed by atoms with Crippen LogP contribution in [0.3, 0.4) is 0 Å². The van der Waals surface area contributed by atoms with Gasteiger partial charge < -0.3 is 14.0 Å². The summed E-state index contributed by atoms with van der Waals surface area (Å²) in [5.41, 5.74) is 0.999. The average molecular weight is 305 g/mol. The van der Waals surface area contributed by atoms with Crippen LogP contribution in [0.15, 0.2) is 40.9 Å². The van der Waals surface area contributed by atoms with Crippen molar-refractivity contribution in [3.05, 3.63) is 47.9 Å². The van der Waals surface area contributed by atoms with Crippen LogP contribution in [0.25, 0.3) is 0 Å². The topological polar surface area (TPSA) is 44.5 Å². The van der Waals surface area contributed by atoms with Gasteiger partial charge in [0.25, 0.3) is 0 Å². The van der Waals surface area contributed by atoms with Crippen molar-refractivity contribution < 1.29 is 14.0 Å². The third-order valence-corrected chi connectivity index (χ3v) is 2.84. The van der Waals surface area contributed by atoms with Crippen LogP contribution in [-0.4, -0.2) is 25.0 Å². The minimum absolute atomic E-state index is 0.687. The van der Waals surface area contributed by atoms with Crippen LogP contribution in [0, 0.1) is 6.92 Å². The van der Waals surface area contributed by atoms with Gasteiger partial charge in [-0.05, 0) is 31.9 Å². The molecule has 0 aliphatic heterocycles. The van der Waals surface area contributed by atoms with Crippen LogP contribution >= 0.6 is 0 Å². The predicted octanol–water partition coefficient (Wildman–Crippen LogP) is 4.43. The van der Waals surface area contributed by atoms with Gasteiger partial charge in [-0.3, -0.25) is 0 Å². The molecule has 0 atom stereocenters. The molecule has 2 aromatic rings. The van der Waals surface area contributed by atoms with Crippen molar-refractivity contribution >= 4 is 0 Å². The van der Waals surface area contributed by atoms with Gasteiger partial charge in [0, 0.05) is 25.7 Å². The number of hydrogen-bond donors (Lipinski definition) is 0. The number of hydrogen-bond acceptors (Lipinski definition) is 4. The molecular weight excluding hydrogens is 278 g/mol. The Bertz CT molecular complexity index is 482. The smallest absolute Gasteiger partial charge is 0.133 e. The zero-order valence-electron chi connectivity index (χ0n) is 13.9. The molecule has 0 fully saturated rings. The van der Waals surface area contributed by atoms with E-state index in [1.165, 1.54) is 0 Å². The van der Waals surface area contributed by atoms with E-state index < -0.39 is 0 Å². The molecule has 0 radical (unpaired) electrons. The molecule has 0 N–H and O–H groups in total. The highest BCUT2D eigenvalue weighted by Gasteiger charge is 1.99. The molecular formula is C18H27NO3. The van der Waals surface area contributed by atoms with E-state index in [9.17, 15) is 0 Å². The fourth-order valence-corrected chi connectivity index (χ4v) is 1.86. The number of aryl methyl sites for hydroxylation is 2. The van der Waals surface area contributed by atoms with Crippen LogP contribution < -0.4 is 4.74 Å². The molecule has 0 saturated carbocycles. The number of para-hydroxylation sites is 1. The Morgan fingerprint density at radius 2 is 1.73 bits per heavy atom. The maximum Gasteiger partial charge on any atom is 0.133 e. The Morgan fingerprint density at radius 3 is 2.41 bits per heavy atom. The van der Waals surface area contributed by atoms with Crippen molar-refractivity contribution in [2.24, 2.45) is 0 Å². The van der Waals surface area contributed by atoms with E-state index in [1.54, 1.807) is 0 Å². The summed E-state index contributed by atoms with van der Waals surface area (Å²) in [6.07, 6.45) is 2.77. The fraction of sp³-hybridized carbons (Fsp3) is 0.500. The zero-order chi connectivity index (χ0) is 16.0. The summed E-state index contributed by atoms with van der Waals surface area (Å²) < 4.78 is 16.2. The van der Waals surface area contributed by atoms with Gasteiger partial charge in [0.2, 0.25) is 0 Å². The molecule has 0 aliphatic rings. The standard InChI is InChI=1S/C16H21NO3.C2H6/c1-14-13-15(17-20-14)7-5-10-18-11-6-12-19-16-8-3-2-4-9-16;1-2/h2-4,8-9,13H,5-7,10-12H2,1H3;1-2H3. The molecule has 1 heterocycles. The molecule has 22 heavy (non-hydrogen) atoms. The van der Waals surface area contributed by atoms with Gasteiger partial charge in [-0.25, -0.2) is 0 Å². The first kappa shape index (κ1) is 18.2. The number of nitrogens with zero attached hydrogens (tertiary/aromatic N) is 1. The van der Waals surface area contributed by atoms with Gasteiger partial charge in [0.1, 0.15) is 11.5 Å². The second kappa shape index (κ2) is 11.8. The van der Waals surface area contributed by atoms with Crippen LogP contribution in [0.5, 0.6) is 5.75 Å². The highest BCUT2D eigenvalue weighted by Crippen LogP contribution is 2.08. The third kappa shape index (κ3) is 7.84. The summed E-state index contributed by atoms with van der Waals surface area (Å²) in [5, 5.41) is 3.95. The maximum atomic E-state index is 5.58. The average Bonchev–Trinajstić information content (AvgIpc) is 2.98. The summed E-state index contributed by atoms with van der Waals surface area (Å²) in [6, 6.07) is 11.8. The largest absolute Gasteiger partial charge is 0.494 e. The summed E-state index contributed by atoms with van der Waals surface area (Å²) in [5.74, 6) is 1.77. The molecule has 4 heteroatoms. The lowest BCUT2D eigenvalue weighted by Crippen LogP contribution is -2.04. The van der Waals surface area contributed by atoms with Gasteiger partial charge >= 0.3 is 0 Å². The minimum atomic E-state index is 0.687. The fourth-order valence-electron chi connectivity index (χ4n) is 1.86. The summed E-state index contributed by atoms with van der Waals surface area (Å²) in [7, 11) is 0. The molecule has 1 aromatic carbocycles. The molecule has 4 nitrogen and oxygen atoms in total. The van der Waals surface area contributed by atoms with Crippen molar-refractivity contribution in [2.75, 3.05) is 19.8 Å². The third-order valence-electron chi connectivity index (χ3n) is 2.84. The van der Waals surface area contributed by atoms with E-state index in [4.69, 9.17) is 14.0 Å². The Balaban J connectivity index is 0.00000116. The van der Waals surface area contributed by atoms with Gasteiger partial charge in [0.15, 0.2) is 0 Å². The summed E-state index contributed by atoms with van der Waals surface area (Å²) in [4.78, 5) is 0. The predicted molar refractivity (Wildman–Crippen MR) is 88.3 cm³/mol. The molecule has 0 amide bonds. The van der Waals surface area contributed by atoms with Gasteiger partial charge in [-0.15, -0.1) is 0 Å². The molecule has 2 rings (SSSR count). The SMILES string of the molecule is CC.Cc1cc(CCCOCCCOc2ccccc2)no1. The Hall–Kier alpha value is -1.81. The van der Waals surface area contributed by atoms with Crippen molar-refractivity contribution in [3.63, 3.8) is 0 Å². The number of aromatic nitrogens is 1. The Labute approximate surface area is 133 Å². The first-order chi connectivity index (χ1) is 10.8. The first-order valence-corrected chi connectivity index (χ1v) is 8.02. The monoisotopic (exact) mass is 305 g/mol. The minimum Gasteiger partial charge on any atom is -0.494 e. The summed E-state index contributed by atoms with van der Waals surface area (Å²) >= 11 is 0. The normalized spacial score (nSPS) is 9.95. The lowest BCUT2D eigenvalue weighted by atomic mass is 10.2. The lowest BCUT2D eigenvalue weighted by Gasteiger charge is -2.06. The molecule has 0 unspecified atom stereocenters. The van der Waals surface area contributed by atoms with Gasteiger partial charge in [-0.1, -0.05) is 37.2 Å². The molecule has 0 bridgehead atoms. The van der Waals surface area contributed by atoms with E-state index in [0.717, 1.165) is 49.7 Å². The summed E-state index contributed by atoms with van der Waals surface area (Å²) in [6.45, 7) is 8.06. The highest BCUT2D eigenvalue weighted by molar-refractivity contribution is 5.20. The van der Waals surface area contributed by atoms with Crippen molar-refractivity contribution in [2.45, 2.75) is 40.0 Å². The van der Waals surface area contributed by atoms with E-state index in [1.807, 2.05) is 57.2 Å². The first-order valence-electron chi connectivity index (χ1n) is 8.02. The molecule has 0 aliphatic carbocycles. The van der Waals surface area contributed by atoms with Crippen molar-refractivity contribution in [1.29, 1.82) is 0 Å². The lowest BCUT2D eigenvalue weighted by molar-refractivity contribution is 0.117. The quantitative estimate of drug-likeness (QED) is 0.643. The van der Waals surface area contributed by atoms with E-state index in [-0.39, 0.29) is 0 Å². The van der Waals surface area contributed by atoms with Crippen LogP contribution in [0.4, 0.5) is 0 Å². The van der Waals surface area contributed by atoms with Crippen LogP contribution in [-0.2, 0) is 11.2 Å². The second-order valence-corrected chi connectivity index (χ2v) is 4.66. The van der Waals surface area contributed by atoms with Crippen LogP contribution in [0.2, 0.25) is 0 Å². The van der Waals surface area contributed by atoms with Crippen molar-refractivity contribution in [3.8, 4) is 5.75 Å². The highest BCUT2D eigenvalue weighted by atomic mass is 16.5. The maximum absolute atomic E-state index is 5.58. The van der Waals surface area contributed by atoms with Crippen LogP contribution in [0.1, 0.15) is 38.1 Å².